The predicted octanol–water partition coefficient (Wildman–Crippen LogP) is 5.49. The molecule has 0 heterocycles. The molecule has 4 N–H and O–H groups in total. The lowest BCUT2D eigenvalue weighted by molar-refractivity contribution is -0.126. The van der Waals surface area contributed by atoms with Crippen LogP contribution in [-0.2, 0) is 28.5 Å². The fourth-order valence-corrected chi connectivity index (χ4v) is 4.92. The Labute approximate surface area is 260 Å². The van der Waals surface area contributed by atoms with Crippen LogP contribution >= 0.6 is 21.6 Å². The molecule has 2 amide bonds. The van der Waals surface area contributed by atoms with Gasteiger partial charge in [-0.15, -0.1) is 0 Å². The molecule has 0 unspecified atom stereocenters. The average Bonchev–Trinajstić information content (AvgIpc) is 2.95. The van der Waals surface area contributed by atoms with Crippen LogP contribution in [0.25, 0.3) is 0 Å². The zero-order valence-electron chi connectivity index (χ0n) is 25.6. The monoisotopic (exact) mass is 625 g/mol. The van der Waals surface area contributed by atoms with Gasteiger partial charge < -0.3 is 40.1 Å². The second-order valence-electron chi connectivity index (χ2n) is 8.89. The summed E-state index contributed by atoms with van der Waals surface area (Å²) in [4.78, 5) is 23.4. The number of hydrogen-bond acceptors (Lipinski definition) is 10. The summed E-state index contributed by atoms with van der Waals surface area (Å²) in [7, 11) is 3.11. The van der Waals surface area contributed by atoms with E-state index in [9.17, 15) is 9.59 Å². The number of carbonyl (C=O) groups excluding carboxylic acids is 2. The molecule has 0 saturated heterocycles. The zero-order valence-corrected chi connectivity index (χ0v) is 27.2. The lowest BCUT2D eigenvalue weighted by atomic mass is 10.2. The number of anilines is 1. The van der Waals surface area contributed by atoms with E-state index in [0.29, 0.717) is 63.5 Å². The van der Waals surface area contributed by atoms with E-state index in [2.05, 4.69) is 24.5 Å². The van der Waals surface area contributed by atoms with Crippen molar-refractivity contribution in [3.05, 3.63) is 36.4 Å². The van der Waals surface area contributed by atoms with Crippen molar-refractivity contribution < 1.29 is 39.0 Å². The fraction of sp³-hybridized carbons (Fsp3) is 0.655. The molecule has 0 bridgehead atoms. The van der Waals surface area contributed by atoms with E-state index in [0.717, 1.165) is 0 Å². The first-order chi connectivity index (χ1) is 19.8. The normalized spacial score (nSPS) is 12.5. The molecule has 41 heavy (non-hydrogen) atoms. The van der Waals surface area contributed by atoms with Gasteiger partial charge in [0.15, 0.2) is 4.93 Å². The Hall–Kier alpha value is -1.80. The van der Waals surface area contributed by atoms with Crippen molar-refractivity contribution in [2.75, 3.05) is 77.5 Å². The van der Waals surface area contributed by atoms with Gasteiger partial charge in [-0.3, -0.25) is 9.59 Å². The number of nitrogens with one attached hydrogen (secondary N) is 2. The molecule has 1 aromatic carbocycles. The van der Waals surface area contributed by atoms with Crippen molar-refractivity contribution in [2.24, 2.45) is 11.7 Å². The van der Waals surface area contributed by atoms with Crippen LogP contribution in [0.5, 0.6) is 5.75 Å². The number of amides is 2. The number of allylic oxidation sites excluding steroid dienone is 1. The third-order valence-electron chi connectivity index (χ3n) is 4.79. The first kappa shape index (κ1) is 39.2. The van der Waals surface area contributed by atoms with Crippen molar-refractivity contribution in [3.63, 3.8) is 0 Å². The number of ether oxygens (including phenoxy) is 5. The molecule has 1 aromatic rings. The molecule has 0 aliphatic carbocycles. The maximum Gasteiger partial charge on any atom is 0.246 e. The third kappa shape index (κ3) is 22.5. The minimum Gasteiger partial charge on any atom is -0.490 e. The van der Waals surface area contributed by atoms with E-state index in [-0.39, 0.29) is 43.8 Å². The fourth-order valence-electron chi connectivity index (χ4n) is 2.98. The van der Waals surface area contributed by atoms with Crippen LogP contribution in [0.1, 0.15) is 46.7 Å². The third-order valence-corrected chi connectivity index (χ3v) is 7.10. The quantitative estimate of drug-likeness (QED) is 0.0622. The van der Waals surface area contributed by atoms with Gasteiger partial charge in [0.25, 0.3) is 0 Å². The highest BCUT2D eigenvalue weighted by Crippen LogP contribution is 2.35. The van der Waals surface area contributed by atoms with E-state index in [1.165, 1.54) is 10.8 Å². The smallest absolute Gasteiger partial charge is 0.246 e. The molecule has 1 rings (SSSR count). The molecule has 0 radical (unpaired) electrons. The molecule has 0 aromatic heterocycles. The van der Waals surface area contributed by atoms with Crippen LogP contribution < -0.4 is 21.1 Å². The molecule has 12 heteroatoms. The van der Waals surface area contributed by atoms with E-state index in [4.69, 9.17) is 29.4 Å². The van der Waals surface area contributed by atoms with Crippen LogP contribution in [0.15, 0.2) is 36.4 Å². The van der Waals surface area contributed by atoms with Gasteiger partial charge in [-0.25, -0.2) is 0 Å². The summed E-state index contributed by atoms with van der Waals surface area (Å²) >= 11 is 0. The Kier molecular flexibility index (Phi) is 24.7. The summed E-state index contributed by atoms with van der Waals surface area (Å²) < 4.78 is 28.1. The first-order valence-electron chi connectivity index (χ1n) is 14.0. The summed E-state index contributed by atoms with van der Waals surface area (Å²) in [5.41, 5.74) is 5.99. The largest absolute Gasteiger partial charge is 0.490 e. The number of benzene rings is 1. The van der Waals surface area contributed by atoms with Gasteiger partial charge in [-0.05, 0) is 31.2 Å². The van der Waals surface area contributed by atoms with Crippen molar-refractivity contribution >= 4 is 39.1 Å². The lowest BCUT2D eigenvalue weighted by Crippen LogP contribution is -2.33. The SMILES string of the molecule is CC.CSS[C@@](C)(COc1cccc(NC(=O)CCOCCOCCN)c1)OCCOCC(=O)NC/C=C/C(C)C.[HH].[HH].[HH].[HH]. The maximum atomic E-state index is 12.2. The molecule has 0 fully saturated rings. The van der Waals surface area contributed by atoms with Gasteiger partial charge in [-0.1, -0.05) is 67.5 Å². The second-order valence-corrected chi connectivity index (χ2v) is 11.8. The highest BCUT2D eigenvalue weighted by molar-refractivity contribution is 8.76. The van der Waals surface area contributed by atoms with E-state index < -0.39 is 4.93 Å². The molecule has 0 aliphatic heterocycles. The van der Waals surface area contributed by atoms with Crippen molar-refractivity contribution in [1.82, 2.24) is 5.32 Å². The standard InChI is InChI=1S/C27H45N3O7S2.C2H6.4H2/c1-22(2)7-6-12-29-26(32)20-35-17-18-37-27(3,39-38-4)21-36-24-9-5-8-23(19-24)30-25(31)10-13-33-15-16-34-14-11-28;1-2;;;;/h5-9,19,22H,10-18,20-21,28H2,1-4H3,(H,29,32)(H,30,31);1-2H3;4*1H/b7-6+;;;;;/t27-;;;;;/m0...../s1. The Morgan fingerprint density at radius 1 is 1.05 bits per heavy atom. The van der Waals surface area contributed by atoms with E-state index >= 15 is 0 Å². The van der Waals surface area contributed by atoms with Crippen LogP contribution in [0.3, 0.4) is 0 Å². The van der Waals surface area contributed by atoms with Crippen molar-refractivity contribution in [3.8, 4) is 5.75 Å². The summed E-state index contributed by atoms with van der Waals surface area (Å²) in [5.74, 6) is 0.741. The highest BCUT2D eigenvalue weighted by Gasteiger charge is 2.27. The van der Waals surface area contributed by atoms with Gasteiger partial charge in [0.05, 0.1) is 46.1 Å². The summed E-state index contributed by atoms with van der Waals surface area (Å²) in [6.07, 6.45) is 6.17. The Balaban J connectivity index is -0.000000870. The second kappa shape index (κ2) is 25.9. The van der Waals surface area contributed by atoms with E-state index in [1.54, 1.807) is 22.9 Å². The topological polar surface area (TPSA) is 130 Å². The van der Waals surface area contributed by atoms with Crippen LogP contribution in [0, 0.1) is 5.92 Å². The van der Waals surface area contributed by atoms with Crippen molar-refractivity contribution in [2.45, 2.75) is 46.0 Å². The number of hydrogen-bond donors (Lipinski definition) is 3. The minimum atomic E-state index is -0.642. The maximum absolute atomic E-state index is 12.2. The molecule has 0 aliphatic rings. The van der Waals surface area contributed by atoms with Gasteiger partial charge in [0.2, 0.25) is 11.8 Å². The van der Waals surface area contributed by atoms with Crippen LogP contribution in [-0.4, -0.2) is 88.9 Å². The summed E-state index contributed by atoms with van der Waals surface area (Å²) in [5, 5.41) is 5.64. The number of nitrogens with two attached hydrogens (primary N) is 1. The summed E-state index contributed by atoms with van der Waals surface area (Å²) in [6.45, 7) is 13.6. The molecule has 10 nitrogen and oxygen atoms in total. The lowest BCUT2D eigenvalue weighted by Gasteiger charge is -2.28. The van der Waals surface area contributed by atoms with Gasteiger partial charge >= 0.3 is 0 Å². The van der Waals surface area contributed by atoms with Gasteiger partial charge in [0.1, 0.15) is 19.0 Å². The summed E-state index contributed by atoms with van der Waals surface area (Å²) in [6, 6.07) is 7.20. The first-order valence-corrected chi connectivity index (χ1v) is 16.6. The Morgan fingerprint density at radius 3 is 2.44 bits per heavy atom. The zero-order chi connectivity index (χ0) is 30.8. The minimum absolute atomic E-state index is 0. The van der Waals surface area contributed by atoms with Gasteiger partial charge in [-0.2, -0.15) is 0 Å². The molecular weight excluding hydrogens is 566 g/mol. The molecule has 244 valence electrons. The van der Waals surface area contributed by atoms with Crippen LogP contribution in [0.4, 0.5) is 5.69 Å². The van der Waals surface area contributed by atoms with Crippen LogP contribution in [0.2, 0.25) is 0 Å². The molecule has 1 atom stereocenters. The highest BCUT2D eigenvalue weighted by atomic mass is 33.1. The number of rotatable bonds is 23. The number of carbonyl (C=O) groups is 2. The van der Waals surface area contributed by atoms with Crippen molar-refractivity contribution in [1.29, 1.82) is 0 Å². The predicted molar refractivity (Wildman–Crippen MR) is 179 cm³/mol. The Morgan fingerprint density at radius 2 is 1.76 bits per heavy atom. The average molecular weight is 626 g/mol. The molecule has 0 saturated carbocycles. The Bertz CT molecular complexity index is 866. The molecule has 0 spiro atoms. The molecular formula is C29H59N3O7S2. The van der Waals surface area contributed by atoms with Gasteiger partial charge in [0, 0.05) is 30.5 Å². The van der Waals surface area contributed by atoms with E-state index in [1.807, 2.05) is 51.3 Å².